The third-order valence-corrected chi connectivity index (χ3v) is 2.85. The van der Waals surface area contributed by atoms with Gasteiger partial charge in [-0.1, -0.05) is 40.0 Å². The molecule has 74 valence electrons. The predicted molar refractivity (Wildman–Crippen MR) is 56.1 cm³/mol. The summed E-state index contributed by atoms with van der Waals surface area (Å²) in [6.45, 7) is 7.70. The van der Waals surface area contributed by atoms with Crippen LogP contribution in [0.25, 0.3) is 0 Å². The lowest BCUT2D eigenvalue weighted by Gasteiger charge is -2.19. The number of nitrogens with two attached hydrogens (primary N) is 1. The Morgan fingerprint density at radius 1 is 1.00 bits per heavy atom. The average molecular weight is 171 g/mol. The molecule has 0 spiro atoms. The molecule has 0 rings (SSSR count). The van der Waals surface area contributed by atoms with Gasteiger partial charge in [-0.15, -0.1) is 0 Å². The van der Waals surface area contributed by atoms with E-state index >= 15 is 0 Å². The Labute approximate surface area is 77.7 Å². The van der Waals surface area contributed by atoms with E-state index in [0.29, 0.717) is 0 Å². The zero-order valence-corrected chi connectivity index (χ0v) is 8.97. The molecule has 0 aromatic rings. The summed E-state index contributed by atoms with van der Waals surface area (Å²) in [7, 11) is 0. The molecule has 1 heteroatoms. The summed E-state index contributed by atoms with van der Waals surface area (Å²) >= 11 is 0. The first-order valence-electron chi connectivity index (χ1n) is 5.48. The first-order valence-corrected chi connectivity index (χ1v) is 5.48. The standard InChI is InChI=1S/C11H25N/c1-4-7-11(9-12)8-10(5-2)6-3/h10-11H,4-9,12H2,1-3H3. The smallest absolute Gasteiger partial charge is 0.00488 e. The second-order valence-electron chi connectivity index (χ2n) is 3.81. The first kappa shape index (κ1) is 12.0. The Bertz CT molecular complexity index is 87.0. The maximum atomic E-state index is 5.72. The van der Waals surface area contributed by atoms with Gasteiger partial charge >= 0.3 is 0 Å². The average Bonchev–Trinajstić information content (AvgIpc) is 2.12. The highest BCUT2D eigenvalue weighted by atomic mass is 14.5. The van der Waals surface area contributed by atoms with Crippen LogP contribution in [0.15, 0.2) is 0 Å². The largest absolute Gasteiger partial charge is 0.330 e. The van der Waals surface area contributed by atoms with Crippen LogP contribution in [0.4, 0.5) is 0 Å². The van der Waals surface area contributed by atoms with E-state index in [1.807, 2.05) is 0 Å². The van der Waals surface area contributed by atoms with Gasteiger partial charge in [-0.25, -0.2) is 0 Å². The monoisotopic (exact) mass is 171 g/mol. The van der Waals surface area contributed by atoms with Crippen LogP contribution in [0.1, 0.15) is 52.9 Å². The lowest BCUT2D eigenvalue weighted by Crippen LogP contribution is -2.17. The summed E-state index contributed by atoms with van der Waals surface area (Å²) in [6.07, 6.45) is 6.57. The maximum Gasteiger partial charge on any atom is -0.00488 e. The van der Waals surface area contributed by atoms with E-state index < -0.39 is 0 Å². The Balaban J connectivity index is 3.65. The summed E-state index contributed by atoms with van der Waals surface area (Å²) < 4.78 is 0. The van der Waals surface area contributed by atoms with Crippen molar-refractivity contribution in [2.75, 3.05) is 6.54 Å². The second kappa shape index (κ2) is 7.60. The summed E-state index contributed by atoms with van der Waals surface area (Å²) in [4.78, 5) is 0. The fourth-order valence-corrected chi connectivity index (χ4v) is 1.83. The van der Waals surface area contributed by atoms with Gasteiger partial charge in [0.1, 0.15) is 0 Å². The topological polar surface area (TPSA) is 26.0 Å². The third-order valence-electron chi connectivity index (χ3n) is 2.85. The van der Waals surface area contributed by atoms with Gasteiger partial charge in [0.2, 0.25) is 0 Å². The highest BCUT2D eigenvalue weighted by Crippen LogP contribution is 2.21. The zero-order chi connectivity index (χ0) is 9.40. The van der Waals surface area contributed by atoms with Crippen molar-refractivity contribution in [3.63, 3.8) is 0 Å². The zero-order valence-electron chi connectivity index (χ0n) is 8.97. The van der Waals surface area contributed by atoms with E-state index in [-0.39, 0.29) is 0 Å². The highest BCUT2D eigenvalue weighted by molar-refractivity contribution is 4.65. The molecule has 12 heavy (non-hydrogen) atoms. The van der Waals surface area contributed by atoms with E-state index in [2.05, 4.69) is 20.8 Å². The molecule has 0 aliphatic rings. The summed E-state index contributed by atoms with van der Waals surface area (Å²) in [6, 6.07) is 0. The molecule has 0 saturated heterocycles. The molecule has 1 atom stereocenters. The van der Waals surface area contributed by atoms with Gasteiger partial charge in [0.05, 0.1) is 0 Å². The van der Waals surface area contributed by atoms with E-state index in [0.717, 1.165) is 18.4 Å². The van der Waals surface area contributed by atoms with Crippen molar-refractivity contribution < 1.29 is 0 Å². The summed E-state index contributed by atoms with van der Waals surface area (Å²) in [5, 5.41) is 0. The van der Waals surface area contributed by atoms with Gasteiger partial charge in [-0.05, 0) is 31.2 Å². The Morgan fingerprint density at radius 2 is 1.58 bits per heavy atom. The molecule has 1 nitrogen and oxygen atoms in total. The molecule has 0 fully saturated rings. The lowest BCUT2D eigenvalue weighted by molar-refractivity contribution is 0.341. The highest BCUT2D eigenvalue weighted by Gasteiger charge is 2.11. The van der Waals surface area contributed by atoms with Gasteiger partial charge < -0.3 is 5.73 Å². The SMILES string of the molecule is CCCC(CN)CC(CC)CC. The molecule has 0 bridgehead atoms. The molecule has 0 amide bonds. The van der Waals surface area contributed by atoms with Gasteiger partial charge in [0.15, 0.2) is 0 Å². The van der Waals surface area contributed by atoms with Crippen molar-refractivity contribution in [2.45, 2.75) is 52.9 Å². The number of hydrogen-bond donors (Lipinski definition) is 1. The Morgan fingerprint density at radius 3 is 1.92 bits per heavy atom. The summed E-state index contributed by atoms with van der Waals surface area (Å²) in [5.41, 5.74) is 5.72. The van der Waals surface area contributed by atoms with Crippen LogP contribution in [0, 0.1) is 11.8 Å². The molecule has 0 aromatic carbocycles. The van der Waals surface area contributed by atoms with Crippen molar-refractivity contribution in [1.82, 2.24) is 0 Å². The molecule has 0 aliphatic carbocycles. The Hall–Kier alpha value is -0.0400. The van der Waals surface area contributed by atoms with Crippen LogP contribution in [-0.4, -0.2) is 6.54 Å². The molecule has 0 aliphatic heterocycles. The van der Waals surface area contributed by atoms with Gasteiger partial charge in [-0.3, -0.25) is 0 Å². The second-order valence-corrected chi connectivity index (χ2v) is 3.81. The molecular formula is C11H25N. The molecule has 2 N–H and O–H groups in total. The summed E-state index contributed by atoms with van der Waals surface area (Å²) in [5.74, 6) is 1.69. The number of rotatable bonds is 7. The molecule has 1 unspecified atom stereocenters. The first-order chi connectivity index (χ1) is 5.78. The number of hydrogen-bond acceptors (Lipinski definition) is 1. The van der Waals surface area contributed by atoms with Crippen LogP contribution < -0.4 is 5.73 Å². The minimum absolute atomic E-state index is 0.778. The van der Waals surface area contributed by atoms with Crippen molar-refractivity contribution in [3.8, 4) is 0 Å². The van der Waals surface area contributed by atoms with Crippen LogP contribution in [-0.2, 0) is 0 Å². The molecular weight excluding hydrogens is 146 g/mol. The van der Waals surface area contributed by atoms with Gasteiger partial charge in [0, 0.05) is 0 Å². The molecule has 0 radical (unpaired) electrons. The molecule has 0 heterocycles. The quantitative estimate of drug-likeness (QED) is 0.625. The van der Waals surface area contributed by atoms with Gasteiger partial charge in [0.25, 0.3) is 0 Å². The Kier molecular flexibility index (Phi) is 7.58. The van der Waals surface area contributed by atoms with E-state index in [4.69, 9.17) is 5.73 Å². The van der Waals surface area contributed by atoms with Crippen molar-refractivity contribution in [1.29, 1.82) is 0 Å². The van der Waals surface area contributed by atoms with Crippen molar-refractivity contribution in [3.05, 3.63) is 0 Å². The maximum absolute atomic E-state index is 5.72. The van der Waals surface area contributed by atoms with Crippen LogP contribution in [0.2, 0.25) is 0 Å². The van der Waals surface area contributed by atoms with Gasteiger partial charge in [-0.2, -0.15) is 0 Å². The van der Waals surface area contributed by atoms with E-state index in [1.54, 1.807) is 0 Å². The molecule has 0 aromatic heterocycles. The van der Waals surface area contributed by atoms with Crippen molar-refractivity contribution in [2.24, 2.45) is 17.6 Å². The third kappa shape index (κ3) is 4.76. The fraction of sp³-hybridized carbons (Fsp3) is 1.00. The normalized spacial score (nSPS) is 13.8. The van der Waals surface area contributed by atoms with Crippen LogP contribution in [0.5, 0.6) is 0 Å². The molecule has 0 saturated carbocycles. The minimum Gasteiger partial charge on any atom is -0.330 e. The van der Waals surface area contributed by atoms with Crippen molar-refractivity contribution >= 4 is 0 Å². The van der Waals surface area contributed by atoms with E-state index in [1.165, 1.54) is 32.1 Å². The lowest BCUT2D eigenvalue weighted by atomic mass is 9.88. The minimum atomic E-state index is 0.778. The fourth-order valence-electron chi connectivity index (χ4n) is 1.83. The van der Waals surface area contributed by atoms with Crippen LogP contribution in [0.3, 0.4) is 0 Å². The van der Waals surface area contributed by atoms with E-state index in [9.17, 15) is 0 Å². The predicted octanol–water partition coefficient (Wildman–Crippen LogP) is 3.19. The van der Waals surface area contributed by atoms with Crippen LogP contribution >= 0.6 is 0 Å².